The third kappa shape index (κ3) is 4.22. The van der Waals surface area contributed by atoms with E-state index in [1.807, 2.05) is 6.07 Å². The van der Waals surface area contributed by atoms with Gasteiger partial charge in [0.05, 0.1) is 13.0 Å². The number of carbonyl (C=O) groups excluding carboxylic acids is 1. The SMILES string of the molecule is COC(=O)[C@H]1CC[C@@H](Cc2ccccc2)[C@@H](N)C1.Cl. The third-order valence-corrected chi connectivity index (χ3v) is 3.92. The lowest BCUT2D eigenvalue weighted by atomic mass is 9.76. The van der Waals surface area contributed by atoms with Crippen LogP contribution < -0.4 is 5.73 Å². The van der Waals surface area contributed by atoms with E-state index in [4.69, 9.17) is 10.5 Å². The van der Waals surface area contributed by atoms with Crippen molar-refractivity contribution in [3.05, 3.63) is 35.9 Å². The number of methoxy groups -OCH3 is 1. The van der Waals surface area contributed by atoms with Crippen molar-refractivity contribution in [2.45, 2.75) is 31.7 Å². The number of halogens is 1. The van der Waals surface area contributed by atoms with Crippen molar-refractivity contribution in [3.8, 4) is 0 Å². The molecule has 106 valence electrons. The molecule has 4 heteroatoms. The summed E-state index contributed by atoms with van der Waals surface area (Å²) in [5, 5.41) is 0. The predicted octanol–water partition coefficient (Wildman–Crippen LogP) is 2.57. The molecule has 1 aliphatic rings. The largest absolute Gasteiger partial charge is 0.469 e. The average Bonchev–Trinajstić information content (AvgIpc) is 2.41. The van der Waals surface area contributed by atoms with Crippen LogP contribution in [0.5, 0.6) is 0 Å². The van der Waals surface area contributed by atoms with E-state index in [1.54, 1.807) is 0 Å². The zero-order chi connectivity index (χ0) is 13.0. The van der Waals surface area contributed by atoms with Gasteiger partial charge >= 0.3 is 5.97 Å². The minimum absolute atomic E-state index is 0. The van der Waals surface area contributed by atoms with Gasteiger partial charge in [-0.3, -0.25) is 4.79 Å². The zero-order valence-electron chi connectivity index (χ0n) is 11.2. The average molecular weight is 284 g/mol. The molecule has 0 saturated heterocycles. The van der Waals surface area contributed by atoms with Crippen LogP contribution in [0.2, 0.25) is 0 Å². The maximum absolute atomic E-state index is 11.5. The van der Waals surface area contributed by atoms with Gasteiger partial charge in [-0.25, -0.2) is 0 Å². The number of ether oxygens (including phenoxy) is 1. The van der Waals surface area contributed by atoms with Crippen molar-refractivity contribution in [2.24, 2.45) is 17.6 Å². The van der Waals surface area contributed by atoms with Crippen LogP contribution in [0.15, 0.2) is 30.3 Å². The molecule has 0 unspecified atom stereocenters. The molecular weight excluding hydrogens is 262 g/mol. The van der Waals surface area contributed by atoms with Gasteiger partial charge in [0.25, 0.3) is 0 Å². The fraction of sp³-hybridized carbons (Fsp3) is 0.533. The minimum atomic E-state index is -0.108. The van der Waals surface area contributed by atoms with Crippen LogP contribution in [0.3, 0.4) is 0 Å². The van der Waals surface area contributed by atoms with Crippen LogP contribution in [-0.2, 0) is 16.0 Å². The van der Waals surface area contributed by atoms with Crippen LogP contribution >= 0.6 is 12.4 Å². The number of hydrogen-bond acceptors (Lipinski definition) is 3. The molecule has 0 radical (unpaired) electrons. The Morgan fingerprint density at radius 1 is 1.32 bits per heavy atom. The number of benzene rings is 1. The summed E-state index contributed by atoms with van der Waals surface area (Å²) in [7, 11) is 1.45. The lowest BCUT2D eigenvalue weighted by molar-refractivity contribution is -0.147. The summed E-state index contributed by atoms with van der Waals surface area (Å²) in [6.45, 7) is 0. The van der Waals surface area contributed by atoms with E-state index < -0.39 is 0 Å². The van der Waals surface area contributed by atoms with Crippen molar-refractivity contribution < 1.29 is 9.53 Å². The Morgan fingerprint density at radius 3 is 2.58 bits per heavy atom. The maximum Gasteiger partial charge on any atom is 0.308 e. The standard InChI is InChI=1S/C15H21NO2.ClH/c1-18-15(17)13-8-7-12(14(16)10-13)9-11-5-3-2-4-6-11;/h2-6,12-14H,7-10,16H2,1H3;1H/t12-,13-,14-;/m0./s1. The van der Waals surface area contributed by atoms with Crippen molar-refractivity contribution >= 4 is 18.4 Å². The molecule has 0 heterocycles. The Labute approximate surface area is 120 Å². The van der Waals surface area contributed by atoms with E-state index >= 15 is 0 Å². The van der Waals surface area contributed by atoms with Crippen LogP contribution in [0.1, 0.15) is 24.8 Å². The molecule has 1 saturated carbocycles. The number of esters is 1. The Kier molecular flexibility index (Phi) is 6.32. The summed E-state index contributed by atoms with van der Waals surface area (Å²) in [5.41, 5.74) is 7.53. The molecule has 1 aromatic carbocycles. The molecule has 1 fully saturated rings. The summed E-state index contributed by atoms with van der Waals surface area (Å²) in [6, 6.07) is 10.5. The third-order valence-electron chi connectivity index (χ3n) is 3.92. The van der Waals surface area contributed by atoms with Crippen LogP contribution in [0.4, 0.5) is 0 Å². The van der Waals surface area contributed by atoms with Gasteiger partial charge in [-0.15, -0.1) is 12.4 Å². The predicted molar refractivity (Wildman–Crippen MR) is 78.2 cm³/mol. The first kappa shape index (κ1) is 16.0. The van der Waals surface area contributed by atoms with Crippen LogP contribution in [0.25, 0.3) is 0 Å². The van der Waals surface area contributed by atoms with E-state index in [2.05, 4.69) is 24.3 Å². The van der Waals surface area contributed by atoms with E-state index in [0.29, 0.717) is 5.92 Å². The summed E-state index contributed by atoms with van der Waals surface area (Å²) < 4.78 is 4.80. The summed E-state index contributed by atoms with van der Waals surface area (Å²) in [6.07, 6.45) is 3.67. The molecule has 2 rings (SSSR count). The highest BCUT2D eigenvalue weighted by molar-refractivity contribution is 5.85. The van der Waals surface area contributed by atoms with Crippen LogP contribution in [-0.4, -0.2) is 19.1 Å². The molecule has 0 spiro atoms. The first-order chi connectivity index (χ1) is 8.70. The lowest BCUT2D eigenvalue weighted by Gasteiger charge is -2.32. The highest BCUT2D eigenvalue weighted by Crippen LogP contribution is 2.31. The summed E-state index contributed by atoms with van der Waals surface area (Å²) in [5.74, 6) is 0.369. The van der Waals surface area contributed by atoms with E-state index in [9.17, 15) is 4.79 Å². The van der Waals surface area contributed by atoms with Gasteiger partial charge in [0, 0.05) is 6.04 Å². The molecule has 0 bridgehead atoms. The maximum atomic E-state index is 11.5. The number of rotatable bonds is 3. The molecule has 19 heavy (non-hydrogen) atoms. The van der Waals surface area contributed by atoms with E-state index in [0.717, 1.165) is 25.7 Å². The normalized spacial score (nSPS) is 26.3. The first-order valence-electron chi connectivity index (χ1n) is 6.58. The summed E-state index contributed by atoms with van der Waals surface area (Å²) in [4.78, 5) is 11.5. The minimum Gasteiger partial charge on any atom is -0.469 e. The van der Waals surface area contributed by atoms with Gasteiger partial charge in [0.2, 0.25) is 0 Å². The topological polar surface area (TPSA) is 52.3 Å². The van der Waals surface area contributed by atoms with Gasteiger partial charge in [-0.1, -0.05) is 30.3 Å². The first-order valence-corrected chi connectivity index (χ1v) is 6.58. The molecule has 2 N–H and O–H groups in total. The Hall–Kier alpha value is -1.06. The second-order valence-corrected chi connectivity index (χ2v) is 5.15. The molecule has 3 nitrogen and oxygen atoms in total. The van der Waals surface area contributed by atoms with Gasteiger partial charge in [-0.2, -0.15) is 0 Å². The quantitative estimate of drug-likeness (QED) is 0.868. The highest BCUT2D eigenvalue weighted by atomic mass is 35.5. The fourth-order valence-electron chi connectivity index (χ4n) is 2.82. The van der Waals surface area contributed by atoms with Gasteiger partial charge < -0.3 is 10.5 Å². The molecule has 1 aromatic rings. The van der Waals surface area contributed by atoms with Crippen molar-refractivity contribution in [1.82, 2.24) is 0 Å². The van der Waals surface area contributed by atoms with Gasteiger partial charge in [0.1, 0.15) is 0 Å². The smallest absolute Gasteiger partial charge is 0.308 e. The second kappa shape index (κ2) is 7.51. The molecule has 0 amide bonds. The van der Waals surface area contributed by atoms with Gasteiger partial charge in [-0.05, 0) is 37.2 Å². The molecule has 0 aliphatic heterocycles. The van der Waals surface area contributed by atoms with Crippen LogP contribution in [0, 0.1) is 11.8 Å². The Morgan fingerprint density at radius 2 is 2.00 bits per heavy atom. The number of carbonyl (C=O) groups is 1. The Balaban J connectivity index is 0.00000180. The Bertz CT molecular complexity index is 396. The van der Waals surface area contributed by atoms with Crippen molar-refractivity contribution in [1.29, 1.82) is 0 Å². The number of nitrogens with two attached hydrogens (primary N) is 1. The summed E-state index contributed by atoms with van der Waals surface area (Å²) >= 11 is 0. The fourth-order valence-corrected chi connectivity index (χ4v) is 2.82. The highest BCUT2D eigenvalue weighted by Gasteiger charge is 2.32. The second-order valence-electron chi connectivity index (χ2n) is 5.15. The van der Waals surface area contributed by atoms with Crippen molar-refractivity contribution in [2.75, 3.05) is 7.11 Å². The zero-order valence-corrected chi connectivity index (χ0v) is 12.1. The van der Waals surface area contributed by atoms with Crippen molar-refractivity contribution in [3.63, 3.8) is 0 Å². The van der Waals surface area contributed by atoms with Gasteiger partial charge in [0.15, 0.2) is 0 Å². The molecular formula is C15H22ClNO2. The molecule has 3 atom stereocenters. The molecule has 0 aromatic heterocycles. The molecule has 1 aliphatic carbocycles. The number of hydrogen-bond donors (Lipinski definition) is 1. The van der Waals surface area contributed by atoms with E-state index in [1.165, 1.54) is 12.7 Å². The monoisotopic (exact) mass is 283 g/mol. The lowest BCUT2D eigenvalue weighted by Crippen LogP contribution is -2.40. The van der Waals surface area contributed by atoms with E-state index in [-0.39, 0.29) is 30.3 Å².